The fourth-order valence-corrected chi connectivity index (χ4v) is 3.75. The van der Waals surface area contributed by atoms with Crippen LogP contribution in [0.25, 0.3) is 0 Å². The van der Waals surface area contributed by atoms with Gasteiger partial charge in [-0.1, -0.05) is 43.5 Å². The summed E-state index contributed by atoms with van der Waals surface area (Å²) >= 11 is 0. The Bertz CT molecular complexity index is 594. The lowest BCUT2D eigenvalue weighted by Gasteiger charge is -2.24. The van der Waals surface area contributed by atoms with Crippen molar-refractivity contribution in [3.05, 3.63) is 42.0 Å². The van der Waals surface area contributed by atoms with Gasteiger partial charge in [0.25, 0.3) is 0 Å². The molecule has 3 N–H and O–H groups in total. The summed E-state index contributed by atoms with van der Waals surface area (Å²) in [5, 5.41) is 15.6. The zero-order chi connectivity index (χ0) is 17.5. The Morgan fingerprint density at radius 3 is 2.76 bits per heavy atom. The average molecular weight is 343 g/mol. The molecule has 1 heterocycles. The van der Waals surface area contributed by atoms with Crippen molar-refractivity contribution >= 4 is 11.7 Å². The molecule has 0 bridgehead atoms. The lowest BCUT2D eigenvalue weighted by Crippen LogP contribution is -2.45. The molecule has 1 aliphatic carbocycles. The predicted octanol–water partition coefficient (Wildman–Crippen LogP) is 2.80. The minimum atomic E-state index is -0.140. The molecule has 3 rings (SSSR count). The summed E-state index contributed by atoms with van der Waals surface area (Å²) < 4.78 is 0. The number of carbonyl (C=O) groups is 1. The first kappa shape index (κ1) is 17.8. The topological polar surface area (TPSA) is 64.6 Å². The number of carbonyl (C=O) groups excluding carboxylic acids is 1. The molecule has 2 unspecified atom stereocenters. The van der Waals surface area contributed by atoms with E-state index in [1.165, 1.54) is 12.1 Å². The van der Waals surface area contributed by atoms with Crippen LogP contribution in [0.1, 0.15) is 37.7 Å². The predicted molar refractivity (Wildman–Crippen MR) is 101 cm³/mol. The summed E-state index contributed by atoms with van der Waals surface area (Å²) in [6.07, 6.45) is 9.74. The van der Waals surface area contributed by atoms with Crippen LogP contribution in [0.2, 0.25) is 0 Å². The Balaban J connectivity index is 1.50. The van der Waals surface area contributed by atoms with Crippen LogP contribution in [-0.2, 0) is 6.54 Å². The number of aliphatic hydroxyl groups is 1. The second-order valence-electron chi connectivity index (χ2n) is 7.06. The Labute approximate surface area is 150 Å². The number of amides is 2. The van der Waals surface area contributed by atoms with Crippen LogP contribution in [-0.4, -0.2) is 36.9 Å². The van der Waals surface area contributed by atoms with Crippen LogP contribution in [0.4, 0.5) is 10.5 Å². The second kappa shape index (κ2) is 8.90. The number of benzene rings is 1. The van der Waals surface area contributed by atoms with Gasteiger partial charge in [-0.25, -0.2) is 4.79 Å². The van der Waals surface area contributed by atoms with E-state index in [-0.39, 0.29) is 24.6 Å². The van der Waals surface area contributed by atoms with Crippen molar-refractivity contribution in [3.63, 3.8) is 0 Å². The van der Waals surface area contributed by atoms with Crippen molar-refractivity contribution in [2.24, 2.45) is 5.92 Å². The van der Waals surface area contributed by atoms with Gasteiger partial charge in [0.2, 0.25) is 0 Å². The highest BCUT2D eigenvalue weighted by Gasteiger charge is 2.24. The first-order chi connectivity index (χ1) is 12.3. The Morgan fingerprint density at radius 1 is 1.16 bits per heavy atom. The van der Waals surface area contributed by atoms with Crippen LogP contribution in [0, 0.1) is 5.92 Å². The molecule has 0 saturated heterocycles. The molecule has 5 heteroatoms. The summed E-state index contributed by atoms with van der Waals surface area (Å²) in [5.74, 6) is 0.180. The lowest BCUT2D eigenvalue weighted by atomic mass is 9.96. The summed E-state index contributed by atoms with van der Waals surface area (Å²) in [4.78, 5) is 14.6. The van der Waals surface area contributed by atoms with E-state index < -0.39 is 0 Å². The summed E-state index contributed by atoms with van der Waals surface area (Å²) in [5.41, 5.74) is 2.29. The summed E-state index contributed by atoms with van der Waals surface area (Å²) in [6, 6.07) is 8.25. The molecule has 0 radical (unpaired) electrons. The molecule has 0 aromatic heterocycles. The Morgan fingerprint density at radius 2 is 1.96 bits per heavy atom. The SMILES string of the molecule is O=C(NCc1cccc(N2CC=CC2)c1)NC1CCCCCC1CO. The maximum Gasteiger partial charge on any atom is 0.315 e. The number of urea groups is 1. The van der Waals surface area contributed by atoms with Gasteiger partial charge in [0.1, 0.15) is 0 Å². The van der Waals surface area contributed by atoms with Crippen LogP contribution >= 0.6 is 0 Å². The third kappa shape index (κ3) is 4.98. The van der Waals surface area contributed by atoms with E-state index in [1.807, 2.05) is 12.1 Å². The number of aliphatic hydroxyl groups excluding tert-OH is 1. The number of hydrogen-bond donors (Lipinski definition) is 3. The third-order valence-electron chi connectivity index (χ3n) is 5.26. The van der Waals surface area contributed by atoms with Crippen LogP contribution < -0.4 is 15.5 Å². The smallest absolute Gasteiger partial charge is 0.315 e. The van der Waals surface area contributed by atoms with Gasteiger partial charge >= 0.3 is 6.03 Å². The molecule has 5 nitrogen and oxygen atoms in total. The fraction of sp³-hybridized carbons (Fsp3) is 0.550. The first-order valence-electron chi connectivity index (χ1n) is 9.40. The average Bonchev–Trinajstić information content (AvgIpc) is 3.08. The van der Waals surface area contributed by atoms with Crippen molar-refractivity contribution in [2.45, 2.75) is 44.7 Å². The molecule has 2 aliphatic rings. The molecule has 136 valence electrons. The highest BCUT2D eigenvalue weighted by atomic mass is 16.3. The van der Waals surface area contributed by atoms with Crippen molar-refractivity contribution in [3.8, 4) is 0 Å². The van der Waals surface area contributed by atoms with E-state index in [0.29, 0.717) is 6.54 Å². The van der Waals surface area contributed by atoms with E-state index in [1.54, 1.807) is 0 Å². The normalized spacial score (nSPS) is 23.3. The molecule has 0 spiro atoms. The van der Waals surface area contributed by atoms with Gasteiger partial charge in [-0.2, -0.15) is 0 Å². The highest BCUT2D eigenvalue weighted by molar-refractivity contribution is 5.74. The molecule has 2 atom stereocenters. The maximum atomic E-state index is 12.3. The van der Waals surface area contributed by atoms with Crippen molar-refractivity contribution in [1.29, 1.82) is 0 Å². The van der Waals surface area contributed by atoms with E-state index in [4.69, 9.17) is 0 Å². The fourth-order valence-electron chi connectivity index (χ4n) is 3.75. The molecular formula is C20H29N3O2. The number of nitrogens with one attached hydrogen (secondary N) is 2. The largest absolute Gasteiger partial charge is 0.396 e. The summed E-state index contributed by atoms with van der Waals surface area (Å²) in [6.45, 7) is 2.55. The van der Waals surface area contributed by atoms with E-state index in [9.17, 15) is 9.90 Å². The molecule has 1 saturated carbocycles. The molecule has 2 amide bonds. The zero-order valence-electron chi connectivity index (χ0n) is 14.8. The third-order valence-corrected chi connectivity index (χ3v) is 5.26. The quantitative estimate of drug-likeness (QED) is 0.569. The maximum absolute atomic E-state index is 12.3. The number of hydrogen-bond acceptors (Lipinski definition) is 3. The Hall–Kier alpha value is -2.01. The van der Waals surface area contributed by atoms with Gasteiger partial charge < -0.3 is 20.6 Å². The zero-order valence-corrected chi connectivity index (χ0v) is 14.8. The first-order valence-corrected chi connectivity index (χ1v) is 9.40. The minimum Gasteiger partial charge on any atom is -0.396 e. The van der Waals surface area contributed by atoms with Crippen molar-refractivity contribution in [1.82, 2.24) is 10.6 Å². The molecule has 25 heavy (non-hydrogen) atoms. The van der Waals surface area contributed by atoms with Gasteiger partial charge in [0, 0.05) is 43.9 Å². The monoisotopic (exact) mass is 343 g/mol. The highest BCUT2D eigenvalue weighted by Crippen LogP contribution is 2.23. The van der Waals surface area contributed by atoms with Crippen LogP contribution in [0.3, 0.4) is 0 Å². The molecule has 1 aromatic carbocycles. The number of nitrogens with zero attached hydrogens (tertiary/aromatic N) is 1. The Kier molecular flexibility index (Phi) is 6.34. The van der Waals surface area contributed by atoms with E-state index >= 15 is 0 Å². The van der Waals surface area contributed by atoms with Gasteiger partial charge in [0.05, 0.1) is 0 Å². The molecule has 1 aliphatic heterocycles. The molecule has 1 aromatic rings. The number of anilines is 1. The molecule has 1 fully saturated rings. The van der Waals surface area contributed by atoms with Gasteiger partial charge in [0.15, 0.2) is 0 Å². The van der Waals surface area contributed by atoms with Gasteiger partial charge in [-0.15, -0.1) is 0 Å². The standard InChI is InChI=1S/C20H29N3O2/c24-15-17-8-2-1-3-10-19(17)22-20(25)21-14-16-7-6-9-18(13-16)23-11-4-5-12-23/h4-7,9,13,17,19,24H,1-3,8,10-12,14-15H2,(H2,21,22,25). The van der Waals surface area contributed by atoms with Gasteiger partial charge in [-0.05, 0) is 30.5 Å². The second-order valence-corrected chi connectivity index (χ2v) is 7.06. The summed E-state index contributed by atoms with van der Waals surface area (Å²) in [7, 11) is 0. The minimum absolute atomic E-state index is 0.0782. The van der Waals surface area contributed by atoms with Crippen molar-refractivity contribution in [2.75, 3.05) is 24.6 Å². The van der Waals surface area contributed by atoms with Crippen LogP contribution in [0.15, 0.2) is 36.4 Å². The molecular weight excluding hydrogens is 314 g/mol. The number of rotatable bonds is 5. The van der Waals surface area contributed by atoms with E-state index in [0.717, 1.165) is 44.3 Å². The van der Waals surface area contributed by atoms with Crippen molar-refractivity contribution < 1.29 is 9.90 Å². The van der Waals surface area contributed by atoms with E-state index in [2.05, 4.69) is 39.8 Å². The van der Waals surface area contributed by atoms with Crippen LogP contribution in [0.5, 0.6) is 0 Å². The van der Waals surface area contributed by atoms with Gasteiger partial charge in [-0.3, -0.25) is 0 Å². The lowest BCUT2D eigenvalue weighted by molar-refractivity contribution is 0.179.